The summed E-state index contributed by atoms with van der Waals surface area (Å²) < 4.78 is 25.9. The molecule has 1 aliphatic carbocycles. The van der Waals surface area contributed by atoms with Gasteiger partial charge in [-0.15, -0.1) is 0 Å². The van der Waals surface area contributed by atoms with Gasteiger partial charge < -0.3 is 5.32 Å². The van der Waals surface area contributed by atoms with Gasteiger partial charge in [-0.2, -0.15) is 0 Å². The summed E-state index contributed by atoms with van der Waals surface area (Å²) in [5, 5.41) is 3.08. The van der Waals surface area contributed by atoms with Crippen molar-refractivity contribution in [3.63, 3.8) is 0 Å². The molecule has 0 radical (unpaired) electrons. The van der Waals surface area contributed by atoms with Gasteiger partial charge in [-0.3, -0.25) is 0 Å². The Morgan fingerprint density at radius 3 is 2.46 bits per heavy atom. The van der Waals surface area contributed by atoms with Gasteiger partial charge in [-0.25, -0.2) is 13.1 Å². The number of hydrogen-bond acceptors (Lipinski definition) is 3. The van der Waals surface area contributed by atoms with E-state index >= 15 is 0 Å². The van der Waals surface area contributed by atoms with Gasteiger partial charge in [-0.05, 0) is 25.3 Å². The normalized spacial score (nSPS) is 35.2. The maximum Gasteiger partial charge on any atom is 0.214 e. The first-order valence-corrected chi connectivity index (χ1v) is 6.36. The fraction of sp³-hybridized carbons (Fsp3) is 1.00. The third-order valence-corrected chi connectivity index (χ3v) is 4.78. The lowest BCUT2D eigenvalue weighted by Crippen LogP contribution is -2.41. The third-order valence-electron chi connectivity index (χ3n) is 2.80. The molecule has 0 spiro atoms. The van der Waals surface area contributed by atoms with Crippen LogP contribution in [0.5, 0.6) is 0 Å². The number of hydrogen-bond donors (Lipinski definition) is 2. The second kappa shape index (κ2) is 3.22. The van der Waals surface area contributed by atoms with Gasteiger partial charge in [0.2, 0.25) is 10.0 Å². The average molecular weight is 204 g/mol. The summed E-state index contributed by atoms with van der Waals surface area (Å²) >= 11 is 0. The SMILES string of the molecule is CC1CNCC1NS(=O)(=O)C1CC1. The third kappa shape index (κ3) is 2.03. The summed E-state index contributed by atoms with van der Waals surface area (Å²) in [4.78, 5) is 0. The van der Waals surface area contributed by atoms with Gasteiger partial charge in [0, 0.05) is 12.6 Å². The molecule has 1 saturated heterocycles. The molecule has 4 nitrogen and oxygen atoms in total. The molecule has 0 bridgehead atoms. The molecule has 2 N–H and O–H groups in total. The Labute approximate surface area is 79.1 Å². The van der Waals surface area contributed by atoms with Crippen molar-refractivity contribution in [2.45, 2.75) is 31.1 Å². The van der Waals surface area contributed by atoms with E-state index in [2.05, 4.69) is 17.0 Å². The van der Waals surface area contributed by atoms with Crippen molar-refractivity contribution in [1.82, 2.24) is 10.0 Å². The summed E-state index contributed by atoms with van der Waals surface area (Å²) in [6.45, 7) is 3.76. The molecule has 2 fully saturated rings. The molecule has 1 aliphatic heterocycles. The van der Waals surface area contributed by atoms with E-state index in [1.807, 2.05) is 0 Å². The molecule has 2 rings (SSSR count). The van der Waals surface area contributed by atoms with E-state index in [4.69, 9.17) is 0 Å². The van der Waals surface area contributed by atoms with E-state index in [1.165, 1.54) is 0 Å². The number of sulfonamides is 1. The lowest BCUT2D eigenvalue weighted by Gasteiger charge is -2.15. The first kappa shape index (κ1) is 9.43. The molecule has 0 amide bonds. The largest absolute Gasteiger partial charge is 0.315 e. The molecule has 76 valence electrons. The summed E-state index contributed by atoms with van der Waals surface area (Å²) in [5.74, 6) is 0.411. The molecule has 1 saturated carbocycles. The Hall–Kier alpha value is -0.130. The van der Waals surface area contributed by atoms with Crippen molar-refractivity contribution >= 4 is 10.0 Å². The highest BCUT2D eigenvalue weighted by Crippen LogP contribution is 2.28. The van der Waals surface area contributed by atoms with E-state index in [9.17, 15) is 8.42 Å². The summed E-state index contributed by atoms with van der Waals surface area (Å²) in [5.41, 5.74) is 0. The molecule has 0 aromatic carbocycles. The average Bonchev–Trinajstić information content (AvgIpc) is 2.80. The highest BCUT2D eigenvalue weighted by Gasteiger charge is 2.38. The van der Waals surface area contributed by atoms with Crippen LogP contribution in [0.25, 0.3) is 0 Å². The molecule has 0 aromatic heterocycles. The topological polar surface area (TPSA) is 58.2 Å². The summed E-state index contributed by atoms with van der Waals surface area (Å²) in [7, 11) is -2.99. The Morgan fingerprint density at radius 2 is 2.00 bits per heavy atom. The molecule has 2 aliphatic rings. The van der Waals surface area contributed by atoms with E-state index in [0.29, 0.717) is 5.92 Å². The molecule has 2 unspecified atom stereocenters. The molecular formula is C8H16N2O2S. The Balaban J connectivity index is 1.96. The van der Waals surface area contributed by atoms with Crippen LogP contribution >= 0.6 is 0 Å². The van der Waals surface area contributed by atoms with Crippen molar-refractivity contribution in [1.29, 1.82) is 0 Å². The smallest absolute Gasteiger partial charge is 0.214 e. The van der Waals surface area contributed by atoms with Crippen molar-refractivity contribution in [2.75, 3.05) is 13.1 Å². The lowest BCUT2D eigenvalue weighted by molar-refractivity contribution is 0.502. The maximum absolute atomic E-state index is 11.6. The Bertz CT molecular complexity index is 285. The summed E-state index contributed by atoms with van der Waals surface area (Å²) in [6.07, 6.45) is 1.67. The molecule has 1 heterocycles. The first-order valence-electron chi connectivity index (χ1n) is 4.81. The second-order valence-corrected chi connectivity index (χ2v) is 6.10. The summed E-state index contributed by atoms with van der Waals surface area (Å²) in [6, 6.07) is 0.102. The fourth-order valence-corrected chi connectivity index (χ4v) is 3.34. The van der Waals surface area contributed by atoms with Crippen LogP contribution in [-0.2, 0) is 10.0 Å². The van der Waals surface area contributed by atoms with Gasteiger partial charge in [0.25, 0.3) is 0 Å². The minimum Gasteiger partial charge on any atom is -0.315 e. The Morgan fingerprint density at radius 1 is 1.31 bits per heavy atom. The lowest BCUT2D eigenvalue weighted by atomic mass is 10.1. The number of rotatable bonds is 3. The molecule has 0 aromatic rings. The standard InChI is InChI=1S/C8H16N2O2S/c1-6-4-9-5-8(6)10-13(11,12)7-2-3-7/h6-10H,2-5H2,1H3. The molecule has 13 heavy (non-hydrogen) atoms. The predicted molar refractivity (Wildman–Crippen MR) is 50.9 cm³/mol. The van der Waals surface area contributed by atoms with Crippen LogP contribution in [0, 0.1) is 5.92 Å². The first-order chi connectivity index (χ1) is 6.09. The molecular weight excluding hydrogens is 188 g/mol. The molecule has 2 atom stereocenters. The van der Waals surface area contributed by atoms with Crippen LogP contribution in [0.1, 0.15) is 19.8 Å². The van der Waals surface area contributed by atoms with Crippen LogP contribution in [0.4, 0.5) is 0 Å². The molecule has 5 heteroatoms. The van der Waals surface area contributed by atoms with Gasteiger partial charge >= 0.3 is 0 Å². The highest BCUT2D eigenvalue weighted by atomic mass is 32.2. The van der Waals surface area contributed by atoms with E-state index in [-0.39, 0.29) is 11.3 Å². The van der Waals surface area contributed by atoms with E-state index in [1.54, 1.807) is 0 Å². The number of nitrogens with one attached hydrogen (secondary N) is 2. The monoisotopic (exact) mass is 204 g/mol. The van der Waals surface area contributed by atoms with Crippen molar-refractivity contribution in [3.05, 3.63) is 0 Å². The van der Waals surface area contributed by atoms with Crippen LogP contribution in [0.2, 0.25) is 0 Å². The minimum atomic E-state index is -2.99. The van der Waals surface area contributed by atoms with Crippen LogP contribution < -0.4 is 10.0 Å². The van der Waals surface area contributed by atoms with Crippen molar-refractivity contribution in [3.8, 4) is 0 Å². The van der Waals surface area contributed by atoms with Crippen LogP contribution in [-0.4, -0.2) is 32.8 Å². The van der Waals surface area contributed by atoms with Gasteiger partial charge in [0.1, 0.15) is 0 Å². The fourth-order valence-electron chi connectivity index (χ4n) is 1.65. The zero-order valence-corrected chi connectivity index (χ0v) is 8.60. The zero-order chi connectivity index (χ0) is 9.47. The van der Waals surface area contributed by atoms with Gasteiger partial charge in [-0.1, -0.05) is 6.92 Å². The highest BCUT2D eigenvalue weighted by molar-refractivity contribution is 7.90. The minimum absolute atomic E-state index is 0.0969. The van der Waals surface area contributed by atoms with Crippen molar-refractivity contribution in [2.24, 2.45) is 5.92 Å². The Kier molecular flexibility index (Phi) is 2.33. The quantitative estimate of drug-likeness (QED) is 0.662. The van der Waals surface area contributed by atoms with Gasteiger partial charge in [0.15, 0.2) is 0 Å². The predicted octanol–water partition coefficient (Wildman–Crippen LogP) is -0.324. The van der Waals surface area contributed by atoms with E-state index in [0.717, 1.165) is 25.9 Å². The van der Waals surface area contributed by atoms with E-state index < -0.39 is 10.0 Å². The van der Waals surface area contributed by atoms with Crippen LogP contribution in [0.3, 0.4) is 0 Å². The van der Waals surface area contributed by atoms with Crippen LogP contribution in [0.15, 0.2) is 0 Å². The zero-order valence-electron chi connectivity index (χ0n) is 7.79. The maximum atomic E-state index is 11.6. The van der Waals surface area contributed by atoms with Crippen molar-refractivity contribution < 1.29 is 8.42 Å². The second-order valence-electron chi connectivity index (χ2n) is 4.10. The van der Waals surface area contributed by atoms with Gasteiger partial charge in [0.05, 0.1) is 5.25 Å².